The maximum atomic E-state index is 12.2. The van der Waals surface area contributed by atoms with Gasteiger partial charge >= 0.3 is 0 Å². The zero-order chi connectivity index (χ0) is 18.4. The quantitative estimate of drug-likeness (QED) is 0.414. The van der Waals surface area contributed by atoms with Crippen molar-refractivity contribution in [1.82, 2.24) is 0 Å². The number of phenols is 1. The molecule has 2 rings (SSSR count). The Bertz CT molecular complexity index is 839. The zero-order valence-electron chi connectivity index (χ0n) is 13.1. The van der Waals surface area contributed by atoms with Crippen molar-refractivity contribution in [2.75, 3.05) is 5.32 Å². The third-order valence-electron chi connectivity index (χ3n) is 3.10. The van der Waals surface area contributed by atoms with Crippen LogP contribution in [-0.2, 0) is 20.7 Å². The lowest BCUT2D eigenvalue weighted by Gasteiger charge is -2.09. The van der Waals surface area contributed by atoms with Crippen LogP contribution in [0.5, 0.6) is 5.75 Å². The number of benzene rings is 2. The second kappa shape index (κ2) is 8.27. The second-order valence-electron chi connectivity index (χ2n) is 4.98. The van der Waals surface area contributed by atoms with Gasteiger partial charge in [-0.25, -0.2) is 4.21 Å². The van der Waals surface area contributed by atoms with E-state index < -0.39 is 28.8 Å². The number of Topliss-reactive ketones (excluding diaryl/α,β-unsaturated/α-hetero) is 1. The van der Waals surface area contributed by atoms with Crippen molar-refractivity contribution in [1.29, 1.82) is 0 Å². The van der Waals surface area contributed by atoms with E-state index in [1.54, 1.807) is 30.3 Å². The lowest BCUT2D eigenvalue weighted by atomic mass is 10.2. The summed E-state index contributed by atoms with van der Waals surface area (Å²) >= 11 is -2.26. The highest BCUT2D eigenvalue weighted by molar-refractivity contribution is 7.79. The number of carbonyl (C=O) groups is 2. The second-order valence-corrected chi connectivity index (χ2v) is 5.95. The van der Waals surface area contributed by atoms with Crippen LogP contribution in [0.2, 0.25) is 0 Å². The maximum absolute atomic E-state index is 12.2. The van der Waals surface area contributed by atoms with Gasteiger partial charge in [-0.3, -0.25) is 9.59 Å². The van der Waals surface area contributed by atoms with Gasteiger partial charge in [0.15, 0.2) is 16.9 Å². The first-order valence-corrected chi connectivity index (χ1v) is 8.20. The molecule has 0 fully saturated rings. The number of rotatable bonds is 6. The molecule has 0 radical (unpaired) electrons. The average molecular weight is 361 g/mol. The molecule has 0 aliphatic heterocycles. The van der Waals surface area contributed by atoms with Crippen LogP contribution < -0.4 is 5.32 Å². The normalized spacial score (nSPS) is 13.4. The molecule has 2 aromatic rings. The first-order valence-electron chi connectivity index (χ1n) is 7.09. The Morgan fingerprint density at radius 1 is 1.16 bits per heavy atom. The van der Waals surface area contributed by atoms with Crippen LogP contribution in [0.1, 0.15) is 6.92 Å². The van der Waals surface area contributed by atoms with Crippen molar-refractivity contribution < 1.29 is 23.5 Å². The number of hydrogen-bond donors (Lipinski definition) is 3. The van der Waals surface area contributed by atoms with E-state index in [2.05, 4.69) is 15.5 Å². The van der Waals surface area contributed by atoms with Crippen LogP contribution >= 0.6 is 0 Å². The van der Waals surface area contributed by atoms with Gasteiger partial charge in [-0.15, -0.1) is 0 Å². The predicted octanol–water partition coefficient (Wildman–Crippen LogP) is 2.65. The standard InChI is InChI=1S/C16H15N3O5S/c1-10(20)15(16(22)17-11-5-3-2-4-6-11)19-18-13-9-12(25(23)24)7-8-14(13)21/h2-9,15,21H,1H3,(H,17,22)(H,23,24). The zero-order valence-corrected chi connectivity index (χ0v) is 13.9. The predicted molar refractivity (Wildman–Crippen MR) is 91.2 cm³/mol. The Kier molecular flexibility index (Phi) is 6.09. The molecule has 0 heterocycles. The number of phenolic OH excluding ortho intramolecular Hbond substituents is 1. The van der Waals surface area contributed by atoms with Crippen molar-refractivity contribution in [2.24, 2.45) is 10.2 Å². The lowest BCUT2D eigenvalue weighted by molar-refractivity contribution is -0.126. The Hall–Kier alpha value is -2.91. The number of para-hydroxylation sites is 1. The molecule has 9 heteroatoms. The number of azo groups is 1. The van der Waals surface area contributed by atoms with E-state index in [1.807, 2.05) is 0 Å². The largest absolute Gasteiger partial charge is 0.506 e. The van der Waals surface area contributed by atoms with E-state index in [-0.39, 0.29) is 16.3 Å². The van der Waals surface area contributed by atoms with Crippen molar-refractivity contribution in [2.45, 2.75) is 17.9 Å². The summed E-state index contributed by atoms with van der Waals surface area (Å²) in [4.78, 5) is 23.9. The molecule has 0 saturated heterocycles. The summed E-state index contributed by atoms with van der Waals surface area (Å²) in [5.41, 5.74) is 0.369. The first kappa shape index (κ1) is 18.4. The molecule has 0 aliphatic rings. The molecule has 130 valence electrons. The fraction of sp³-hybridized carbons (Fsp3) is 0.125. The van der Waals surface area contributed by atoms with Crippen LogP contribution in [0.25, 0.3) is 0 Å². The number of amides is 1. The van der Waals surface area contributed by atoms with Gasteiger partial charge in [-0.2, -0.15) is 10.2 Å². The van der Waals surface area contributed by atoms with Crippen molar-refractivity contribution in [3.05, 3.63) is 48.5 Å². The van der Waals surface area contributed by atoms with Crippen LogP contribution in [0.4, 0.5) is 11.4 Å². The van der Waals surface area contributed by atoms with Crippen LogP contribution in [0.15, 0.2) is 63.7 Å². The van der Waals surface area contributed by atoms with Gasteiger partial charge in [-0.05, 0) is 37.3 Å². The fourth-order valence-corrected chi connectivity index (χ4v) is 2.26. The molecule has 2 atom stereocenters. The minimum absolute atomic E-state index is 0.000128. The van der Waals surface area contributed by atoms with Crippen molar-refractivity contribution in [3.63, 3.8) is 0 Å². The van der Waals surface area contributed by atoms with Crippen LogP contribution in [-0.4, -0.2) is 31.6 Å². The molecule has 3 N–H and O–H groups in total. The van der Waals surface area contributed by atoms with Gasteiger partial charge in [0.2, 0.25) is 6.04 Å². The Morgan fingerprint density at radius 2 is 1.84 bits per heavy atom. The summed E-state index contributed by atoms with van der Waals surface area (Å²) in [5.74, 6) is -1.52. The molecule has 25 heavy (non-hydrogen) atoms. The number of aromatic hydroxyl groups is 1. The molecule has 1 amide bonds. The van der Waals surface area contributed by atoms with Gasteiger partial charge in [0.1, 0.15) is 11.4 Å². The molecule has 0 spiro atoms. The average Bonchev–Trinajstić information content (AvgIpc) is 2.57. The van der Waals surface area contributed by atoms with Crippen molar-refractivity contribution >= 4 is 34.1 Å². The SMILES string of the molecule is CC(=O)C(N=Nc1cc(S(=O)O)ccc1O)C(=O)Nc1ccccc1. The number of hydrogen-bond acceptors (Lipinski definition) is 6. The number of carbonyl (C=O) groups excluding carboxylic acids is 2. The molecule has 8 nitrogen and oxygen atoms in total. The van der Waals surface area contributed by atoms with Gasteiger partial charge in [0.25, 0.3) is 5.91 Å². The third-order valence-corrected chi connectivity index (χ3v) is 3.76. The number of anilines is 1. The van der Waals surface area contributed by atoms with Gasteiger partial charge in [-0.1, -0.05) is 18.2 Å². The summed E-state index contributed by atoms with van der Waals surface area (Å²) in [5, 5.41) is 19.6. The molecule has 0 bridgehead atoms. The van der Waals surface area contributed by atoms with Crippen LogP contribution in [0, 0.1) is 0 Å². The molecule has 2 unspecified atom stereocenters. The molecule has 0 saturated carbocycles. The van der Waals surface area contributed by atoms with Gasteiger partial charge < -0.3 is 15.0 Å². The van der Waals surface area contributed by atoms with Crippen molar-refractivity contribution in [3.8, 4) is 5.75 Å². The number of ketones is 1. The smallest absolute Gasteiger partial charge is 0.258 e. The van der Waals surface area contributed by atoms with Gasteiger partial charge in [0, 0.05) is 5.69 Å². The molecular formula is C16H15N3O5S. The summed E-state index contributed by atoms with van der Waals surface area (Å²) < 4.78 is 20.1. The van der Waals surface area contributed by atoms with E-state index in [1.165, 1.54) is 19.1 Å². The highest BCUT2D eigenvalue weighted by Gasteiger charge is 2.23. The maximum Gasteiger partial charge on any atom is 0.258 e. The van der Waals surface area contributed by atoms with E-state index in [0.717, 1.165) is 6.07 Å². The number of nitrogens with one attached hydrogen (secondary N) is 1. The summed E-state index contributed by atoms with van der Waals surface area (Å²) in [6.45, 7) is 1.19. The first-order chi connectivity index (χ1) is 11.9. The van der Waals surface area contributed by atoms with E-state index in [9.17, 15) is 18.9 Å². The van der Waals surface area contributed by atoms with Gasteiger partial charge in [0.05, 0.1) is 4.90 Å². The monoisotopic (exact) mass is 361 g/mol. The molecule has 0 aromatic heterocycles. The summed E-state index contributed by atoms with van der Waals surface area (Å²) in [7, 11) is 0. The van der Waals surface area contributed by atoms with E-state index in [4.69, 9.17) is 4.55 Å². The summed E-state index contributed by atoms with van der Waals surface area (Å²) in [6, 6.07) is 10.7. The van der Waals surface area contributed by atoms with Crippen LogP contribution in [0.3, 0.4) is 0 Å². The summed E-state index contributed by atoms with van der Waals surface area (Å²) in [6.07, 6.45) is 0. The molecular weight excluding hydrogens is 346 g/mol. The van der Waals surface area contributed by atoms with E-state index >= 15 is 0 Å². The molecule has 2 aromatic carbocycles. The highest BCUT2D eigenvalue weighted by Crippen LogP contribution is 2.29. The number of nitrogens with zero attached hydrogens (tertiary/aromatic N) is 2. The topological polar surface area (TPSA) is 128 Å². The Labute approximate surface area is 145 Å². The Morgan fingerprint density at radius 3 is 2.44 bits per heavy atom. The Balaban J connectivity index is 2.23. The minimum atomic E-state index is -2.26. The lowest BCUT2D eigenvalue weighted by Crippen LogP contribution is -2.31. The molecule has 0 aliphatic carbocycles. The van der Waals surface area contributed by atoms with E-state index in [0.29, 0.717) is 5.69 Å². The fourth-order valence-electron chi connectivity index (χ4n) is 1.86. The highest BCUT2D eigenvalue weighted by atomic mass is 32.2. The minimum Gasteiger partial charge on any atom is -0.506 e. The third kappa shape index (κ3) is 5.03.